The van der Waals surface area contributed by atoms with Crippen LogP contribution < -0.4 is 0 Å². The highest BCUT2D eigenvalue weighted by atomic mass is 15.1. The average Bonchev–Trinajstić information content (AvgIpc) is 2.08. The number of nitrogens with zero attached hydrogens (tertiary/aromatic N) is 2. The molecular weight excluding hydrogens is 160 g/mol. The van der Waals surface area contributed by atoms with Crippen LogP contribution in [-0.2, 0) is 0 Å². The summed E-state index contributed by atoms with van der Waals surface area (Å²) in [7, 11) is 1.84. The molecule has 1 aliphatic rings. The van der Waals surface area contributed by atoms with Crippen LogP contribution in [0.3, 0.4) is 0 Å². The average molecular weight is 180 g/mol. The molecule has 2 nitrogen and oxygen atoms in total. The molecule has 0 aromatic heterocycles. The monoisotopic (exact) mass is 180 g/mol. The summed E-state index contributed by atoms with van der Waals surface area (Å²) in [5.74, 6) is 0. The van der Waals surface area contributed by atoms with E-state index in [1.165, 1.54) is 17.7 Å². The smallest absolute Gasteiger partial charge is 0.0277 e. The van der Waals surface area contributed by atoms with Gasteiger partial charge in [-0.3, -0.25) is 9.89 Å². The summed E-state index contributed by atoms with van der Waals surface area (Å²) in [4.78, 5) is 6.58. The topological polar surface area (TPSA) is 15.6 Å². The molecule has 0 unspecified atom stereocenters. The SMILES string of the molecule is C/N=C\C1=C(C)CN(C(C)C)CC1. The van der Waals surface area contributed by atoms with Gasteiger partial charge in [0.2, 0.25) is 0 Å². The normalized spacial score (nSPS) is 20.7. The molecule has 0 N–H and O–H groups in total. The first-order valence-corrected chi connectivity index (χ1v) is 5.00. The third-order valence-electron chi connectivity index (χ3n) is 2.67. The number of hydrogen-bond donors (Lipinski definition) is 0. The van der Waals surface area contributed by atoms with E-state index in [1.54, 1.807) is 0 Å². The molecule has 74 valence electrons. The molecule has 13 heavy (non-hydrogen) atoms. The first-order valence-electron chi connectivity index (χ1n) is 5.00. The van der Waals surface area contributed by atoms with E-state index in [2.05, 4.69) is 30.7 Å². The van der Waals surface area contributed by atoms with Gasteiger partial charge in [0.15, 0.2) is 0 Å². The van der Waals surface area contributed by atoms with Crippen LogP contribution in [0.2, 0.25) is 0 Å². The Morgan fingerprint density at radius 1 is 1.46 bits per heavy atom. The largest absolute Gasteiger partial charge is 0.297 e. The second-order valence-corrected chi connectivity index (χ2v) is 4.01. The fourth-order valence-electron chi connectivity index (χ4n) is 1.73. The van der Waals surface area contributed by atoms with Crippen molar-refractivity contribution in [3.05, 3.63) is 11.1 Å². The molecule has 0 spiro atoms. The summed E-state index contributed by atoms with van der Waals surface area (Å²) in [5.41, 5.74) is 2.91. The molecule has 1 heterocycles. The number of rotatable bonds is 2. The molecule has 0 saturated heterocycles. The lowest BCUT2D eigenvalue weighted by Crippen LogP contribution is -2.36. The van der Waals surface area contributed by atoms with Crippen LogP contribution in [0, 0.1) is 0 Å². The summed E-state index contributed by atoms with van der Waals surface area (Å²) >= 11 is 0. The highest BCUT2D eigenvalue weighted by molar-refractivity contribution is 5.79. The van der Waals surface area contributed by atoms with Crippen molar-refractivity contribution >= 4 is 6.21 Å². The number of aliphatic imine (C=N–C) groups is 1. The highest BCUT2D eigenvalue weighted by Crippen LogP contribution is 2.17. The molecule has 0 saturated carbocycles. The molecule has 0 bridgehead atoms. The zero-order valence-corrected chi connectivity index (χ0v) is 9.17. The Morgan fingerprint density at radius 3 is 2.62 bits per heavy atom. The molecule has 1 rings (SSSR count). The summed E-state index contributed by atoms with van der Waals surface area (Å²) in [5, 5.41) is 0. The lowest BCUT2D eigenvalue weighted by molar-refractivity contribution is 0.234. The summed E-state index contributed by atoms with van der Waals surface area (Å²) in [6, 6.07) is 0.662. The van der Waals surface area contributed by atoms with E-state index < -0.39 is 0 Å². The Labute approximate surface area is 81.3 Å². The van der Waals surface area contributed by atoms with Crippen molar-refractivity contribution in [2.24, 2.45) is 4.99 Å². The zero-order chi connectivity index (χ0) is 9.84. The van der Waals surface area contributed by atoms with Gasteiger partial charge in [0.1, 0.15) is 0 Å². The third-order valence-corrected chi connectivity index (χ3v) is 2.67. The minimum absolute atomic E-state index is 0.662. The maximum atomic E-state index is 4.08. The second kappa shape index (κ2) is 4.56. The molecule has 1 aliphatic heterocycles. The fraction of sp³-hybridized carbons (Fsp3) is 0.727. The van der Waals surface area contributed by atoms with Gasteiger partial charge in [0.25, 0.3) is 0 Å². The zero-order valence-electron chi connectivity index (χ0n) is 9.17. The van der Waals surface area contributed by atoms with Crippen molar-refractivity contribution in [3.8, 4) is 0 Å². The van der Waals surface area contributed by atoms with E-state index >= 15 is 0 Å². The minimum atomic E-state index is 0.662. The molecule has 0 radical (unpaired) electrons. The van der Waals surface area contributed by atoms with Gasteiger partial charge in [-0.15, -0.1) is 0 Å². The first kappa shape index (κ1) is 10.5. The van der Waals surface area contributed by atoms with Crippen molar-refractivity contribution < 1.29 is 0 Å². The van der Waals surface area contributed by atoms with Crippen molar-refractivity contribution in [2.45, 2.75) is 33.2 Å². The van der Waals surface area contributed by atoms with Crippen LogP contribution >= 0.6 is 0 Å². The van der Waals surface area contributed by atoms with Crippen LogP contribution in [0.1, 0.15) is 27.2 Å². The van der Waals surface area contributed by atoms with E-state index in [0.29, 0.717) is 6.04 Å². The Kier molecular flexibility index (Phi) is 3.67. The summed E-state index contributed by atoms with van der Waals surface area (Å²) in [6.45, 7) is 9.01. The summed E-state index contributed by atoms with van der Waals surface area (Å²) in [6.07, 6.45) is 3.16. The maximum Gasteiger partial charge on any atom is 0.0277 e. The predicted molar refractivity (Wildman–Crippen MR) is 58.4 cm³/mol. The first-order chi connectivity index (χ1) is 6.15. The van der Waals surface area contributed by atoms with Gasteiger partial charge in [-0.05, 0) is 32.8 Å². The van der Waals surface area contributed by atoms with E-state index in [4.69, 9.17) is 0 Å². The Morgan fingerprint density at radius 2 is 2.15 bits per heavy atom. The van der Waals surface area contributed by atoms with Crippen LogP contribution in [0.25, 0.3) is 0 Å². The molecule has 0 fully saturated rings. The van der Waals surface area contributed by atoms with E-state index in [0.717, 1.165) is 13.0 Å². The van der Waals surface area contributed by atoms with Gasteiger partial charge in [-0.25, -0.2) is 0 Å². The third kappa shape index (κ3) is 2.66. The molecular formula is C11H20N2. The lowest BCUT2D eigenvalue weighted by Gasteiger charge is -2.31. The Balaban J connectivity index is 2.66. The molecule has 0 aromatic rings. The Bertz CT molecular complexity index is 226. The Hall–Kier alpha value is -0.630. The predicted octanol–water partition coefficient (Wildman–Crippen LogP) is 2.12. The highest BCUT2D eigenvalue weighted by Gasteiger charge is 2.16. The van der Waals surface area contributed by atoms with Gasteiger partial charge in [0.05, 0.1) is 0 Å². The van der Waals surface area contributed by atoms with Gasteiger partial charge < -0.3 is 0 Å². The molecule has 0 aliphatic carbocycles. The number of hydrogen-bond acceptors (Lipinski definition) is 2. The van der Waals surface area contributed by atoms with Crippen LogP contribution in [0.5, 0.6) is 0 Å². The molecule has 2 heteroatoms. The van der Waals surface area contributed by atoms with Crippen LogP contribution in [0.15, 0.2) is 16.1 Å². The molecule has 0 amide bonds. The van der Waals surface area contributed by atoms with Crippen LogP contribution in [-0.4, -0.2) is 37.3 Å². The van der Waals surface area contributed by atoms with Crippen molar-refractivity contribution in [1.82, 2.24) is 4.90 Å². The maximum absolute atomic E-state index is 4.08. The van der Waals surface area contributed by atoms with Crippen molar-refractivity contribution in [3.63, 3.8) is 0 Å². The van der Waals surface area contributed by atoms with Gasteiger partial charge >= 0.3 is 0 Å². The molecule has 0 aromatic carbocycles. The molecule has 0 atom stereocenters. The second-order valence-electron chi connectivity index (χ2n) is 4.01. The van der Waals surface area contributed by atoms with Crippen molar-refractivity contribution in [1.29, 1.82) is 0 Å². The van der Waals surface area contributed by atoms with E-state index in [1.807, 2.05) is 13.3 Å². The van der Waals surface area contributed by atoms with Crippen molar-refractivity contribution in [2.75, 3.05) is 20.1 Å². The minimum Gasteiger partial charge on any atom is -0.297 e. The quantitative estimate of drug-likeness (QED) is 0.594. The fourth-order valence-corrected chi connectivity index (χ4v) is 1.73. The van der Waals surface area contributed by atoms with Crippen LogP contribution in [0.4, 0.5) is 0 Å². The van der Waals surface area contributed by atoms with Gasteiger partial charge in [-0.2, -0.15) is 0 Å². The lowest BCUT2D eigenvalue weighted by atomic mass is 10.0. The van der Waals surface area contributed by atoms with Gasteiger partial charge in [0, 0.05) is 32.4 Å². The van der Waals surface area contributed by atoms with E-state index in [9.17, 15) is 0 Å². The van der Waals surface area contributed by atoms with Gasteiger partial charge in [-0.1, -0.05) is 5.57 Å². The standard InChI is InChI=1S/C11H20N2/c1-9(2)13-6-5-11(7-12-4)10(3)8-13/h7,9H,5-6,8H2,1-4H3/b12-7-. The summed E-state index contributed by atoms with van der Waals surface area (Å²) < 4.78 is 0. The van der Waals surface area contributed by atoms with E-state index in [-0.39, 0.29) is 0 Å².